The molecule has 0 fully saturated rings. The summed E-state index contributed by atoms with van der Waals surface area (Å²) in [5.74, 6) is 0. The van der Waals surface area contributed by atoms with Crippen molar-refractivity contribution in [3.05, 3.63) is 88.1 Å². The zero-order valence-electron chi connectivity index (χ0n) is 13.3. The summed E-state index contributed by atoms with van der Waals surface area (Å²) < 4.78 is 0. The zero-order chi connectivity index (χ0) is 17.2. The third-order valence-corrected chi connectivity index (χ3v) is 4.20. The van der Waals surface area contributed by atoms with Crippen molar-refractivity contribution < 1.29 is 4.92 Å². The van der Waals surface area contributed by atoms with Crippen LogP contribution < -0.4 is 5.32 Å². The van der Waals surface area contributed by atoms with E-state index < -0.39 is 4.92 Å². The maximum atomic E-state index is 10.7. The highest BCUT2D eigenvalue weighted by Crippen LogP contribution is 2.30. The molecular formula is C20H15N3O2. The van der Waals surface area contributed by atoms with Crippen LogP contribution in [-0.2, 0) is 0 Å². The van der Waals surface area contributed by atoms with E-state index in [0.29, 0.717) is 0 Å². The molecule has 0 saturated carbocycles. The third-order valence-electron chi connectivity index (χ3n) is 4.20. The van der Waals surface area contributed by atoms with Gasteiger partial charge in [0.2, 0.25) is 0 Å². The lowest BCUT2D eigenvalue weighted by molar-refractivity contribution is -0.384. The molecule has 4 rings (SSSR count). The van der Waals surface area contributed by atoms with Crippen LogP contribution >= 0.6 is 0 Å². The second-order valence-electron chi connectivity index (χ2n) is 5.84. The Bertz CT molecular complexity index is 1010. The van der Waals surface area contributed by atoms with Gasteiger partial charge in [-0.3, -0.25) is 15.1 Å². The lowest BCUT2D eigenvalue weighted by atomic mass is 10.0. The van der Waals surface area contributed by atoms with Crippen molar-refractivity contribution in [1.29, 1.82) is 0 Å². The normalized spacial score (nSPS) is 15.9. The van der Waals surface area contributed by atoms with Gasteiger partial charge in [-0.15, -0.1) is 0 Å². The van der Waals surface area contributed by atoms with Crippen LogP contribution in [-0.4, -0.2) is 15.9 Å². The monoisotopic (exact) mass is 329 g/mol. The lowest BCUT2D eigenvalue weighted by Gasteiger charge is -2.21. The lowest BCUT2D eigenvalue weighted by Crippen LogP contribution is -2.17. The average molecular weight is 329 g/mol. The van der Waals surface area contributed by atoms with Gasteiger partial charge in [-0.2, -0.15) is 0 Å². The molecule has 0 spiro atoms. The molecule has 1 aromatic heterocycles. The number of aromatic nitrogens is 1. The number of hydrogen-bond acceptors (Lipinski definition) is 4. The van der Waals surface area contributed by atoms with Crippen LogP contribution in [0.4, 0.5) is 11.4 Å². The highest BCUT2D eigenvalue weighted by molar-refractivity contribution is 5.96. The van der Waals surface area contributed by atoms with Gasteiger partial charge in [0, 0.05) is 23.7 Å². The number of rotatable bonds is 3. The number of non-ortho nitro benzene ring substituents is 1. The van der Waals surface area contributed by atoms with E-state index in [1.165, 1.54) is 12.1 Å². The molecule has 25 heavy (non-hydrogen) atoms. The molecule has 1 aliphatic heterocycles. The van der Waals surface area contributed by atoms with Crippen LogP contribution in [0.15, 0.2) is 66.9 Å². The highest BCUT2D eigenvalue weighted by atomic mass is 16.6. The van der Waals surface area contributed by atoms with E-state index in [1.54, 1.807) is 18.3 Å². The van der Waals surface area contributed by atoms with E-state index in [1.807, 2.05) is 24.3 Å². The molecule has 0 radical (unpaired) electrons. The molecule has 0 bridgehead atoms. The van der Waals surface area contributed by atoms with Crippen LogP contribution in [0, 0.1) is 10.1 Å². The van der Waals surface area contributed by atoms with Crippen molar-refractivity contribution in [3.63, 3.8) is 0 Å². The molecule has 3 aromatic rings. The van der Waals surface area contributed by atoms with Crippen molar-refractivity contribution in [3.8, 4) is 0 Å². The fourth-order valence-corrected chi connectivity index (χ4v) is 2.91. The molecule has 1 N–H and O–H groups in total. The summed E-state index contributed by atoms with van der Waals surface area (Å²) in [6.45, 7) is 0. The minimum absolute atomic E-state index is 0.0373. The van der Waals surface area contributed by atoms with Crippen molar-refractivity contribution >= 4 is 34.4 Å². The molecule has 5 nitrogen and oxygen atoms in total. The second-order valence-corrected chi connectivity index (χ2v) is 5.84. The van der Waals surface area contributed by atoms with Crippen LogP contribution in [0.5, 0.6) is 0 Å². The van der Waals surface area contributed by atoms with Gasteiger partial charge in [-0.05, 0) is 29.3 Å². The SMILES string of the molecule is O=[N+]([O-])c1ccc(/C=C/C2C=Cc3ccc4cccnc4c3N2)cc1. The fourth-order valence-electron chi connectivity index (χ4n) is 2.91. The molecule has 0 saturated heterocycles. The first-order chi connectivity index (χ1) is 12.2. The standard InChI is InChI=1S/C20H15N3O2/c24-23(25)18-11-4-14(5-12-18)3-9-17-10-8-16-7-6-15-2-1-13-21-19(15)20(16)22-17/h1-13,17,22H/b9-3+. The number of nitrogens with zero attached hydrogens (tertiary/aromatic N) is 2. The van der Waals surface area contributed by atoms with Gasteiger partial charge in [-0.1, -0.05) is 42.5 Å². The van der Waals surface area contributed by atoms with Crippen LogP contribution in [0.2, 0.25) is 0 Å². The molecule has 122 valence electrons. The first kappa shape index (κ1) is 15.1. The number of anilines is 1. The Hall–Kier alpha value is -3.47. The summed E-state index contributed by atoms with van der Waals surface area (Å²) in [4.78, 5) is 14.8. The molecule has 0 amide bonds. The van der Waals surface area contributed by atoms with Gasteiger partial charge in [0.1, 0.15) is 0 Å². The first-order valence-electron chi connectivity index (χ1n) is 7.96. The van der Waals surface area contributed by atoms with Gasteiger partial charge < -0.3 is 5.32 Å². The van der Waals surface area contributed by atoms with Gasteiger partial charge in [-0.25, -0.2) is 0 Å². The summed E-state index contributed by atoms with van der Waals surface area (Å²) >= 11 is 0. The Kier molecular flexibility index (Phi) is 3.74. The minimum atomic E-state index is -0.395. The van der Waals surface area contributed by atoms with Crippen LogP contribution in [0.1, 0.15) is 11.1 Å². The van der Waals surface area contributed by atoms with E-state index in [4.69, 9.17) is 0 Å². The Balaban J connectivity index is 1.58. The molecular weight excluding hydrogens is 314 g/mol. The number of nitro benzene ring substituents is 1. The predicted octanol–water partition coefficient (Wildman–Crippen LogP) is 4.66. The summed E-state index contributed by atoms with van der Waals surface area (Å²) in [5, 5.41) is 15.3. The maximum Gasteiger partial charge on any atom is 0.269 e. The van der Waals surface area contributed by atoms with Crippen molar-refractivity contribution in [1.82, 2.24) is 4.98 Å². The van der Waals surface area contributed by atoms with Gasteiger partial charge in [0.05, 0.1) is 22.2 Å². The number of hydrogen-bond donors (Lipinski definition) is 1. The largest absolute Gasteiger partial charge is 0.373 e. The molecule has 1 atom stereocenters. The highest BCUT2D eigenvalue weighted by Gasteiger charge is 2.13. The summed E-state index contributed by atoms with van der Waals surface area (Å²) in [5.41, 5.74) is 4.12. The Morgan fingerprint density at radius 3 is 2.76 bits per heavy atom. The molecule has 5 heteroatoms. The summed E-state index contributed by atoms with van der Waals surface area (Å²) in [7, 11) is 0. The number of fused-ring (bicyclic) bond motifs is 3. The van der Waals surface area contributed by atoms with E-state index in [-0.39, 0.29) is 11.7 Å². The van der Waals surface area contributed by atoms with Crippen molar-refractivity contribution in [2.45, 2.75) is 6.04 Å². The minimum Gasteiger partial charge on any atom is -0.373 e. The number of nitro groups is 1. The Morgan fingerprint density at radius 2 is 1.96 bits per heavy atom. The quantitative estimate of drug-likeness (QED) is 0.560. The fraction of sp³-hybridized carbons (Fsp3) is 0.0500. The molecule has 1 unspecified atom stereocenters. The first-order valence-corrected chi connectivity index (χ1v) is 7.96. The summed E-state index contributed by atoms with van der Waals surface area (Å²) in [6, 6.07) is 14.7. The van der Waals surface area contributed by atoms with Gasteiger partial charge in [0.15, 0.2) is 0 Å². The second kappa shape index (κ2) is 6.20. The maximum absolute atomic E-state index is 10.7. The third kappa shape index (κ3) is 2.99. The van der Waals surface area contributed by atoms with Gasteiger partial charge >= 0.3 is 0 Å². The smallest absolute Gasteiger partial charge is 0.269 e. The predicted molar refractivity (Wildman–Crippen MR) is 100 cm³/mol. The van der Waals surface area contributed by atoms with Crippen molar-refractivity contribution in [2.75, 3.05) is 5.32 Å². The summed E-state index contributed by atoms with van der Waals surface area (Å²) in [6.07, 6.45) is 9.95. The topological polar surface area (TPSA) is 68.1 Å². The molecule has 1 aliphatic rings. The van der Waals surface area contributed by atoms with Crippen molar-refractivity contribution in [2.24, 2.45) is 0 Å². The Morgan fingerprint density at radius 1 is 1.12 bits per heavy atom. The number of benzene rings is 2. The molecule has 0 aliphatic carbocycles. The van der Waals surface area contributed by atoms with Gasteiger partial charge in [0.25, 0.3) is 5.69 Å². The van der Waals surface area contributed by atoms with E-state index in [0.717, 1.165) is 27.7 Å². The van der Waals surface area contributed by atoms with E-state index >= 15 is 0 Å². The molecule has 2 aromatic carbocycles. The average Bonchev–Trinajstić information content (AvgIpc) is 2.66. The van der Waals surface area contributed by atoms with Crippen LogP contribution in [0.25, 0.3) is 23.1 Å². The molecule has 2 heterocycles. The number of nitrogens with one attached hydrogen (secondary N) is 1. The van der Waals surface area contributed by atoms with Crippen LogP contribution in [0.3, 0.4) is 0 Å². The zero-order valence-corrected chi connectivity index (χ0v) is 13.3. The van der Waals surface area contributed by atoms with E-state index in [9.17, 15) is 10.1 Å². The Labute approximate surface area is 144 Å². The number of pyridine rings is 1. The van der Waals surface area contributed by atoms with E-state index in [2.05, 4.69) is 34.6 Å².